The van der Waals surface area contributed by atoms with E-state index in [0.29, 0.717) is 41.5 Å². The smallest absolute Gasteiger partial charge is 0.319 e. The standard InChI is InChI=1S/C33H38ClFN6O2/c1-6-16-33(8-3,36-4)20-43-32-38-30-24(31(39-32)40(5)22-15-17-41(19-22)26(42)7-2)18-37-29(28(30)35)23-13-9-11-21-12-10-14-25(34)27(21)23/h7,9-14,18,22,36H,2,6,8,15-17,19-20H2,1,3-5H3. The van der Waals surface area contributed by atoms with Gasteiger partial charge in [-0.05, 0) is 43.8 Å². The molecule has 0 aliphatic carbocycles. The maximum atomic E-state index is 16.6. The van der Waals surface area contributed by atoms with Crippen molar-refractivity contribution in [2.45, 2.75) is 51.1 Å². The Morgan fingerprint density at radius 2 is 2.05 bits per heavy atom. The summed E-state index contributed by atoms with van der Waals surface area (Å²) in [7, 11) is 3.82. The third-order valence-corrected chi connectivity index (χ3v) is 9.01. The number of ether oxygens (including phenoxy) is 1. The molecule has 2 atom stereocenters. The second kappa shape index (κ2) is 12.8. The van der Waals surface area contributed by atoms with Crippen LogP contribution in [-0.2, 0) is 4.79 Å². The molecule has 4 aromatic rings. The van der Waals surface area contributed by atoms with Gasteiger partial charge in [0.15, 0.2) is 5.82 Å². The minimum atomic E-state index is -0.578. The van der Waals surface area contributed by atoms with Gasteiger partial charge in [-0.1, -0.05) is 68.8 Å². The molecule has 43 heavy (non-hydrogen) atoms. The fourth-order valence-electron chi connectivity index (χ4n) is 6.00. The predicted molar refractivity (Wildman–Crippen MR) is 171 cm³/mol. The monoisotopic (exact) mass is 604 g/mol. The molecule has 1 aliphatic heterocycles. The van der Waals surface area contributed by atoms with Crippen LogP contribution in [0.2, 0.25) is 5.02 Å². The molecular weight excluding hydrogens is 567 g/mol. The van der Waals surface area contributed by atoms with Crippen LogP contribution in [0.3, 0.4) is 0 Å². The highest BCUT2D eigenvalue weighted by atomic mass is 35.5. The van der Waals surface area contributed by atoms with Crippen LogP contribution in [0.4, 0.5) is 10.2 Å². The zero-order chi connectivity index (χ0) is 30.7. The minimum Gasteiger partial charge on any atom is -0.461 e. The maximum absolute atomic E-state index is 16.6. The van der Waals surface area contributed by atoms with Gasteiger partial charge in [-0.15, -0.1) is 0 Å². The molecule has 1 fully saturated rings. The molecule has 8 nitrogen and oxygen atoms in total. The number of likely N-dealkylation sites (N-methyl/N-ethyl adjacent to an activating group) is 2. The number of amides is 1. The van der Waals surface area contributed by atoms with E-state index in [1.165, 1.54) is 6.08 Å². The van der Waals surface area contributed by atoms with Crippen molar-refractivity contribution in [1.82, 2.24) is 25.2 Å². The summed E-state index contributed by atoms with van der Waals surface area (Å²) in [5.74, 6) is -0.197. The van der Waals surface area contributed by atoms with Crippen molar-refractivity contribution in [3.05, 3.63) is 66.1 Å². The molecule has 2 aromatic carbocycles. The zero-order valence-corrected chi connectivity index (χ0v) is 25.9. The molecule has 0 saturated carbocycles. The number of nitrogens with one attached hydrogen (secondary N) is 1. The second-order valence-corrected chi connectivity index (χ2v) is 11.5. The lowest BCUT2D eigenvalue weighted by molar-refractivity contribution is -0.125. The molecule has 2 unspecified atom stereocenters. The van der Waals surface area contributed by atoms with E-state index >= 15 is 4.39 Å². The van der Waals surface area contributed by atoms with Crippen LogP contribution in [0.15, 0.2) is 55.3 Å². The first-order valence-corrected chi connectivity index (χ1v) is 15.1. The van der Waals surface area contributed by atoms with E-state index in [4.69, 9.17) is 21.3 Å². The molecule has 1 saturated heterocycles. The largest absolute Gasteiger partial charge is 0.461 e. The summed E-state index contributed by atoms with van der Waals surface area (Å²) in [5, 5.41) is 5.99. The van der Waals surface area contributed by atoms with E-state index in [1.54, 1.807) is 17.2 Å². The first-order valence-electron chi connectivity index (χ1n) is 14.8. The lowest BCUT2D eigenvalue weighted by Crippen LogP contribution is -2.47. The average Bonchev–Trinajstić information content (AvgIpc) is 3.53. The third kappa shape index (κ3) is 5.88. The van der Waals surface area contributed by atoms with Gasteiger partial charge in [0.1, 0.15) is 23.6 Å². The van der Waals surface area contributed by atoms with Gasteiger partial charge in [0, 0.05) is 48.3 Å². The topological polar surface area (TPSA) is 83.5 Å². The van der Waals surface area contributed by atoms with E-state index in [2.05, 4.69) is 35.7 Å². The summed E-state index contributed by atoms with van der Waals surface area (Å²) >= 11 is 6.59. The lowest BCUT2D eigenvalue weighted by atomic mass is 9.92. The van der Waals surface area contributed by atoms with Gasteiger partial charge in [-0.2, -0.15) is 9.97 Å². The van der Waals surface area contributed by atoms with Gasteiger partial charge >= 0.3 is 6.01 Å². The van der Waals surface area contributed by atoms with Crippen LogP contribution in [-0.4, -0.2) is 71.1 Å². The Morgan fingerprint density at radius 1 is 1.28 bits per heavy atom. The van der Waals surface area contributed by atoms with Crippen LogP contribution in [0, 0.1) is 5.82 Å². The SMILES string of the molecule is C=CC(=O)N1CCC(N(C)c2nc(OCC(CC)(CCC)NC)nc3c(F)c(-c4cccc5cccc(Cl)c45)ncc23)C1. The van der Waals surface area contributed by atoms with Crippen LogP contribution in [0.1, 0.15) is 39.5 Å². The molecule has 0 bridgehead atoms. The Morgan fingerprint density at radius 3 is 2.74 bits per heavy atom. The van der Waals surface area contributed by atoms with Crippen LogP contribution < -0.4 is 15.0 Å². The number of pyridine rings is 1. The molecule has 10 heteroatoms. The quantitative estimate of drug-likeness (QED) is 0.198. The molecule has 3 heterocycles. The predicted octanol–water partition coefficient (Wildman–Crippen LogP) is 6.41. The maximum Gasteiger partial charge on any atom is 0.319 e. The third-order valence-electron chi connectivity index (χ3n) is 8.70. The summed E-state index contributed by atoms with van der Waals surface area (Å²) in [6.45, 7) is 9.28. The second-order valence-electron chi connectivity index (χ2n) is 11.1. The van der Waals surface area contributed by atoms with E-state index < -0.39 is 5.82 Å². The van der Waals surface area contributed by atoms with Gasteiger partial charge in [0.2, 0.25) is 5.91 Å². The first-order chi connectivity index (χ1) is 20.8. The summed E-state index contributed by atoms with van der Waals surface area (Å²) in [6.07, 6.45) is 6.39. The molecule has 2 aromatic heterocycles. The van der Waals surface area contributed by atoms with Gasteiger partial charge in [0.05, 0.1) is 10.9 Å². The number of hydrogen-bond acceptors (Lipinski definition) is 7. The van der Waals surface area contributed by atoms with Gasteiger partial charge in [0.25, 0.3) is 0 Å². The average molecular weight is 605 g/mol. The summed E-state index contributed by atoms with van der Waals surface area (Å²) in [4.78, 5) is 30.0. The summed E-state index contributed by atoms with van der Waals surface area (Å²) in [5.41, 5.74) is 0.575. The van der Waals surface area contributed by atoms with Gasteiger partial charge in [-0.25, -0.2) is 4.39 Å². The van der Waals surface area contributed by atoms with E-state index in [-0.39, 0.29) is 34.7 Å². The van der Waals surface area contributed by atoms with E-state index in [1.807, 2.05) is 49.3 Å². The Hall–Kier alpha value is -3.82. The highest BCUT2D eigenvalue weighted by Crippen LogP contribution is 2.38. The number of aromatic nitrogens is 3. The van der Waals surface area contributed by atoms with Crippen molar-refractivity contribution in [1.29, 1.82) is 0 Å². The molecule has 1 aliphatic rings. The summed E-state index contributed by atoms with van der Waals surface area (Å²) < 4.78 is 22.8. The van der Waals surface area contributed by atoms with Crippen molar-refractivity contribution in [2.24, 2.45) is 0 Å². The number of carbonyl (C=O) groups excluding carboxylic acids is 1. The number of likely N-dealkylation sites (tertiary alicyclic amines) is 1. The Kier molecular flexibility index (Phi) is 9.13. The fraction of sp³-hybridized carbons (Fsp3) is 0.394. The number of carbonyl (C=O) groups is 1. The molecule has 1 N–H and O–H groups in total. The first kappa shape index (κ1) is 30.6. The molecule has 0 spiro atoms. The van der Waals surface area contributed by atoms with Crippen LogP contribution in [0.5, 0.6) is 6.01 Å². The normalized spacial score (nSPS) is 16.4. The van der Waals surface area contributed by atoms with Crippen molar-refractivity contribution in [3.63, 3.8) is 0 Å². The molecule has 226 valence electrons. The van der Waals surface area contributed by atoms with E-state index in [0.717, 1.165) is 36.5 Å². The van der Waals surface area contributed by atoms with E-state index in [9.17, 15) is 4.79 Å². The zero-order valence-electron chi connectivity index (χ0n) is 25.2. The number of benzene rings is 2. The van der Waals surface area contributed by atoms with Gasteiger partial charge < -0.3 is 19.9 Å². The minimum absolute atomic E-state index is 0.0402. The highest BCUT2D eigenvalue weighted by molar-refractivity contribution is 6.36. The van der Waals surface area contributed by atoms with Crippen molar-refractivity contribution >= 4 is 45.0 Å². The molecule has 0 radical (unpaired) electrons. The lowest BCUT2D eigenvalue weighted by Gasteiger charge is -2.32. The summed E-state index contributed by atoms with van der Waals surface area (Å²) in [6, 6.07) is 11.2. The highest BCUT2D eigenvalue weighted by Gasteiger charge is 2.31. The van der Waals surface area contributed by atoms with Crippen LogP contribution >= 0.6 is 11.6 Å². The fourth-order valence-corrected chi connectivity index (χ4v) is 6.29. The Balaban J connectivity index is 1.63. The Bertz CT molecular complexity index is 1650. The number of anilines is 1. The Labute approximate surface area is 256 Å². The molecular formula is C33H38ClFN6O2. The van der Waals surface area contributed by atoms with Gasteiger partial charge in [-0.3, -0.25) is 9.78 Å². The van der Waals surface area contributed by atoms with Crippen molar-refractivity contribution in [3.8, 4) is 17.3 Å². The van der Waals surface area contributed by atoms with Crippen molar-refractivity contribution < 1.29 is 13.9 Å². The van der Waals surface area contributed by atoms with Crippen LogP contribution in [0.25, 0.3) is 32.9 Å². The number of hydrogen-bond donors (Lipinski definition) is 1. The molecule has 1 amide bonds. The number of fused-ring (bicyclic) bond motifs is 2. The number of nitrogens with zero attached hydrogens (tertiary/aromatic N) is 5. The number of rotatable bonds is 11. The van der Waals surface area contributed by atoms with Crippen molar-refractivity contribution in [2.75, 3.05) is 38.7 Å². The molecule has 5 rings (SSSR count). The number of halogens is 2.